The van der Waals surface area contributed by atoms with E-state index in [0.717, 1.165) is 12.8 Å². The van der Waals surface area contributed by atoms with Gasteiger partial charge in [0.2, 0.25) is 0 Å². The number of carbonyl (C=O) groups is 1. The van der Waals surface area contributed by atoms with Gasteiger partial charge in [-0.25, -0.2) is 0 Å². The molecule has 0 radical (unpaired) electrons. The number of carbonyl (C=O) groups excluding carboxylic acids is 1. The molecular formula is C13H20O. The lowest BCUT2D eigenvalue weighted by molar-refractivity contribution is -0.122. The Balaban J connectivity index is 2.18. The van der Waals surface area contributed by atoms with Gasteiger partial charge in [0.15, 0.2) is 5.78 Å². The minimum absolute atomic E-state index is 0.353. The maximum absolute atomic E-state index is 11.8. The summed E-state index contributed by atoms with van der Waals surface area (Å²) >= 11 is 0. The lowest BCUT2D eigenvalue weighted by atomic mass is 9.63. The molecule has 0 amide bonds. The molecule has 0 aromatic heterocycles. The third-order valence-electron chi connectivity index (χ3n) is 3.85. The van der Waals surface area contributed by atoms with E-state index >= 15 is 0 Å². The van der Waals surface area contributed by atoms with Crippen molar-refractivity contribution >= 4 is 5.78 Å². The summed E-state index contributed by atoms with van der Waals surface area (Å²) in [5, 5.41) is 0. The van der Waals surface area contributed by atoms with Crippen LogP contribution in [0, 0.1) is 17.3 Å². The van der Waals surface area contributed by atoms with E-state index in [9.17, 15) is 4.79 Å². The van der Waals surface area contributed by atoms with Gasteiger partial charge in [0.1, 0.15) is 0 Å². The van der Waals surface area contributed by atoms with Gasteiger partial charge in [-0.05, 0) is 50.0 Å². The highest BCUT2D eigenvalue weighted by Crippen LogP contribution is 2.46. The first-order valence-electron chi connectivity index (χ1n) is 5.69. The first-order valence-corrected chi connectivity index (χ1v) is 5.69. The van der Waals surface area contributed by atoms with Crippen LogP contribution >= 0.6 is 0 Å². The van der Waals surface area contributed by atoms with Gasteiger partial charge >= 0.3 is 0 Å². The predicted octanol–water partition coefficient (Wildman–Crippen LogP) is 3.35. The Hall–Kier alpha value is -0.590. The zero-order valence-electron chi connectivity index (χ0n) is 9.47. The number of hydrogen-bond acceptors (Lipinski definition) is 1. The minimum Gasteiger partial charge on any atom is -0.295 e. The van der Waals surface area contributed by atoms with Crippen LogP contribution in [0.4, 0.5) is 0 Å². The van der Waals surface area contributed by atoms with Crippen molar-refractivity contribution in [1.29, 1.82) is 0 Å². The molecule has 1 heteroatoms. The minimum atomic E-state index is 0.353. The van der Waals surface area contributed by atoms with Crippen molar-refractivity contribution in [3.63, 3.8) is 0 Å². The summed E-state index contributed by atoms with van der Waals surface area (Å²) in [5.74, 6) is 1.39. The molecular weight excluding hydrogens is 172 g/mol. The standard InChI is InChI=1S/C13H20O/c1-9-6-10-8-13(2,3)5-4-11(10)12(14)7-9/h7,10-11H,4-6,8H2,1-3H3/t10-,11-/m0/s1. The van der Waals surface area contributed by atoms with Crippen molar-refractivity contribution < 1.29 is 4.79 Å². The molecule has 78 valence electrons. The molecule has 2 atom stereocenters. The molecule has 0 heterocycles. The lowest BCUT2D eigenvalue weighted by Crippen LogP contribution is -2.36. The average Bonchev–Trinajstić information content (AvgIpc) is 2.00. The van der Waals surface area contributed by atoms with Crippen molar-refractivity contribution in [2.75, 3.05) is 0 Å². The molecule has 14 heavy (non-hydrogen) atoms. The van der Waals surface area contributed by atoms with Crippen LogP contribution in [0.5, 0.6) is 0 Å². The Bertz CT molecular complexity index is 286. The zero-order chi connectivity index (χ0) is 10.3. The van der Waals surface area contributed by atoms with Crippen molar-refractivity contribution in [3.05, 3.63) is 11.6 Å². The van der Waals surface area contributed by atoms with E-state index in [0.29, 0.717) is 23.0 Å². The van der Waals surface area contributed by atoms with Gasteiger partial charge in [-0.15, -0.1) is 0 Å². The van der Waals surface area contributed by atoms with Gasteiger partial charge in [-0.1, -0.05) is 19.4 Å². The Morgan fingerprint density at radius 1 is 1.43 bits per heavy atom. The molecule has 0 aromatic carbocycles. The highest BCUT2D eigenvalue weighted by atomic mass is 16.1. The van der Waals surface area contributed by atoms with Crippen molar-refractivity contribution in [3.8, 4) is 0 Å². The molecule has 0 saturated heterocycles. The van der Waals surface area contributed by atoms with Gasteiger partial charge in [0, 0.05) is 5.92 Å². The molecule has 2 rings (SSSR count). The van der Waals surface area contributed by atoms with Crippen LogP contribution in [-0.4, -0.2) is 5.78 Å². The first kappa shape index (κ1) is 9.95. The van der Waals surface area contributed by atoms with E-state index in [1.165, 1.54) is 18.4 Å². The second-order valence-corrected chi connectivity index (χ2v) is 5.87. The molecule has 0 N–H and O–H groups in total. The van der Waals surface area contributed by atoms with Gasteiger partial charge in [0.05, 0.1) is 0 Å². The van der Waals surface area contributed by atoms with Gasteiger partial charge < -0.3 is 0 Å². The van der Waals surface area contributed by atoms with E-state index in [4.69, 9.17) is 0 Å². The van der Waals surface area contributed by atoms with Crippen LogP contribution in [0.3, 0.4) is 0 Å². The fourth-order valence-electron chi connectivity index (χ4n) is 3.15. The monoisotopic (exact) mass is 192 g/mol. The van der Waals surface area contributed by atoms with Gasteiger partial charge in [-0.3, -0.25) is 4.79 Å². The third-order valence-corrected chi connectivity index (χ3v) is 3.85. The molecule has 0 unspecified atom stereocenters. The number of hydrogen-bond donors (Lipinski definition) is 0. The molecule has 1 saturated carbocycles. The predicted molar refractivity (Wildman–Crippen MR) is 58.0 cm³/mol. The SMILES string of the molecule is CC1=CC(=O)[C@H]2CCC(C)(C)C[C@@H]2C1. The van der Waals surface area contributed by atoms with Gasteiger partial charge in [-0.2, -0.15) is 0 Å². The number of rotatable bonds is 0. The molecule has 2 aliphatic rings. The molecule has 1 fully saturated rings. The Morgan fingerprint density at radius 2 is 2.14 bits per heavy atom. The normalized spacial score (nSPS) is 36.2. The topological polar surface area (TPSA) is 17.1 Å². The third kappa shape index (κ3) is 1.77. The summed E-state index contributed by atoms with van der Waals surface area (Å²) in [5.41, 5.74) is 1.74. The Kier molecular flexibility index (Phi) is 2.29. The summed E-state index contributed by atoms with van der Waals surface area (Å²) < 4.78 is 0. The molecule has 1 nitrogen and oxygen atoms in total. The highest BCUT2D eigenvalue weighted by Gasteiger charge is 2.39. The van der Waals surface area contributed by atoms with Crippen molar-refractivity contribution in [2.45, 2.75) is 46.5 Å². The van der Waals surface area contributed by atoms with E-state index in [1.807, 2.05) is 6.08 Å². The summed E-state index contributed by atoms with van der Waals surface area (Å²) in [7, 11) is 0. The van der Waals surface area contributed by atoms with Crippen LogP contribution < -0.4 is 0 Å². The number of fused-ring (bicyclic) bond motifs is 1. The van der Waals surface area contributed by atoms with Crippen LogP contribution in [0.25, 0.3) is 0 Å². The first-order chi connectivity index (χ1) is 6.48. The summed E-state index contributed by atoms with van der Waals surface area (Å²) in [4.78, 5) is 11.8. The number of ketones is 1. The fraction of sp³-hybridized carbons (Fsp3) is 0.769. The van der Waals surface area contributed by atoms with Crippen LogP contribution in [0.1, 0.15) is 46.5 Å². The quantitative estimate of drug-likeness (QED) is 0.575. The summed E-state index contributed by atoms with van der Waals surface area (Å²) in [6, 6.07) is 0. The molecule has 0 aliphatic heterocycles. The summed E-state index contributed by atoms with van der Waals surface area (Å²) in [6.45, 7) is 6.76. The zero-order valence-corrected chi connectivity index (χ0v) is 9.47. The molecule has 0 spiro atoms. The second kappa shape index (κ2) is 3.22. The molecule has 0 bridgehead atoms. The largest absolute Gasteiger partial charge is 0.295 e. The Labute approximate surface area is 86.6 Å². The van der Waals surface area contributed by atoms with E-state index in [2.05, 4.69) is 20.8 Å². The lowest BCUT2D eigenvalue weighted by Gasteiger charge is -2.41. The second-order valence-electron chi connectivity index (χ2n) is 5.87. The van der Waals surface area contributed by atoms with E-state index < -0.39 is 0 Å². The maximum atomic E-state index is 11.8. The van der Waals surface area contributed by atoms with Crippen LogP contribution in [-0.2, 0) is 4.79 Å². The molecule has 2 aliphatic carbocycles. The van der Waals surface area contributed by atoms with Crippen molar-refractivity contribution in [1.82, 2.24) is 0 Å². The van der Waals surface area contributed by atoms with Gasteiger partial charge in [0.25, 0.3) is 0 Å². The van der Waals surface area contributed by atoms with E-state index in [1.54, 1.807) is 0 Å². The Morgan fingerprint density at radius 3 is 2.86 bits per heavy atom. The van der Waals surface area contributed by atoms with Crippen LogP contribution in [0.15, 0.2) is 11.6 Å². The number of allylic oxidation sites excluding steroid dienone is 2. The van der Waals surface area contributed by atoms with Crippen LogP contribution in [0.2, 0.25) is 0 Å². The van der Waals surface area contributed by atoms with Crippen molar-refractivity contribution in [2.24, 2.45) is 17.3 Å². The molecule has 0 aromatic rings. The summed E-state index contributed by atoms with van der Waals surface area (Å²) in [6.07, 6.45) is 6.58. The average molecular weight is 192 g/mol. The highest BCUT2D eigenvalue weighted by molar-refractivity contribution is 5.93. The fourth-order valence-corrected chi connectivity index (χ4v) is 3.15. The van der Waals surface area contributed by atoms with E-state index in [-0.39, 0.29) is 0 Å². The smallest absolute Gasteiger partial charge is 0.158 e. The maximum Gasteiger partial charge on any atom is 0.158 e.